The average molecular weight is 303 g/mol. The SMILES string of the molecule is Cc1c(Cl)nc2ncnn2c1Oc1ccccc1C(C)C. The fourth-order valence-corrected chi connectivity index (χ4v) is 2.30. The zero-order chi connectivity index (χ0) is 15.0. The Bertz CT molecular complexity index is 797. The molecule has 0 N–H and O–H groups in total. The highest BCUT2D eigenvalue weighted by Crippen LogP contribution is 2.33. The summed E-state index contributed by atoms with van der Waals surface area (Å²) in [6, 6.07) is 7.93. The lowest BCUT2D eigenvalue weighted by Gasteiger charge is -2.15. The summed E-state index contributed by atoms with van der Waals surface area (Å²) in [4.78, 5) is 8.23. The van der Waals surface area contributed by atoms with Crippen LogP contribution in [0.15, 0.2) is 30.6 Å². The van der Waals surface area contributed by atoms with Crippen molar-refractivity contribution in [2.24, 2.45) is 0 Å². The van der Waals surface area contributed by atoms with Gasteiger partial charge in [0.2, 0.25) is 5.88 Å². The van der Waals surface area contributed by atoms with Gasteiger partial charge in [0.25, 0.3) is 5.78 Å². The molecule has 0 saturated heterocycles. The first-order valence-corrected chi connectivity index (χ1v) is 7.08. The largest absolute Gasteiger partial charge is 0.438 e. The molecule has 1 aromatic carbocycles. The van der Waals surface area contributed by atoms with E-state index in [-0.39, 0.29) is 0 Å². The fourth-order valence-electron chi connectivity index (χ4n) is 2.15. The Morgan fingerprint density at radius 2 is 2.00 bits per heavy atom. The van der Waals surface area contributed by atoms with Gasteiger partial charge in [-0.15, -0.1) is 0 Å². The van der Waals surface area contributed by atoms with Crippen LogP contribution in [-0.4, -0.2) is 19.6 Å². The molecule has 5 nitrogen and oxygen atoms in total. The Morgan fingerprint density at radius 3 is 2.76 bits per heavy atom. The van der Waals surface area contributed by atoms with Crippen molar-refractivity contribution in [3.8, 4) is 11.6 Å². The van der Waals surface area contributed by atoms with Gasteiger partial charge < -0.3 is 4.74 Å². The number of halogens is 1. The number of benzene rings is 1. The molecule has 2 heterocycles. The van der Waals surface area contributed by atoms with Crippen LogP contribution in [0.5, 0.6) is 11.6 Å². The molecular weight excluding hydrogens is 288 g/mol. The molecule has 108 valence electrons. The quantitative estimate of drug-likeness (QED) is 0.686. The van der Waals surface area contributed by atoms with Crippen LogP contribution in [0.4, 0.5) is 0 Å². The molecule has 21 heavy (non-hydrogen) atoms. The maximum atomic E-state index is 6.15. The second-order valence-electron chi connectivity index (χ2n) is 5.10. The highest BCUT2D eigenvalue weighted by atomic mass is 35.5. The standard InChI is InChI=1S/C15H15ClN4O/c1-9(2)11-6-4-5-7-12(11)21-14-10(3)13(16)19-15-17-8-18-20(14)15/h4-9H,1-3H3. The summed E-state index contributed by atoms with van der Waals surface area (Å²) in [6.07, 6.45) is 1.43. The second kappa shape index (κ2) is 5.33. The Labute approximate surface area is 127 Å². The van der Waals surface area contributed by atoms with E-state index in [0.717, 1.165) is 16.9 Å². The fraction of sp³-hybridized carbons (Fsp3) is 0.267. The first-order valence-electron chi connectivity index (χ1n) is 6.70. The molecule has 6 heteroatoms. The van der Waals surface area contributed by atoms with Gasteiger partial charge in [-0.05, 0) is 24.5 Å². The predicted molar refractivity (Wildman–Crippen MR) is 81.1 cm³/mol. The van der Waals surface area contributed by atoms with E-state index in [2.05, 4.69) is 35.0 Å². The summed E-state index contributed by atoms with van der Waals surface area (Å²) >= 11 is 6.15. The number of fused-ring (bicyclic) bond motifs is 1. The molecular formula is C15H15ClN4O. The lowest BCUT2D eigenvalue weighted by atomic mass is 10.0. The Morgan fingerprint density at radius 1 is 1.24 bits per heavy atom. The predicted octanol–water partition coefficient (Wildman–Crippen LogP) is 4.00. The maximum Gasteiger partial charge on any atom is 0.256 e. The highest BCUT2D eigenvalue weighted by Gasteiger charge is 2.16. The molecule has 0 atom stereocenters. The van der Waals surface area contributed by atoms with Crippen LogP contribution in [0, 0.1) is 6.92 Å². The zero-order valence-electron chi connectivity index (χ0n) is 12.0. The van der Waals surface area contributed by atoms with E-state index in [1.165, 1.54) is 6.33 Å². The van der Waals surface area contributed by atoms with Crippen molar-refractivity contribution in [2.75, 3.05) is 0 Å². The van der Waals surface area contributed by atoms with Crippen LogP contribution in [0.25, 0.3) is 5.78 Å². The molecule has 0 bridgehead atoms. The summed E-state index contributed by atoms with van der Waals surface area (Å²) in [5.41, 5.74) is 1.85. The van der Waals surface area contributed by atoms with Crippen LogP contribution in [0.3, 0.4) is 0 Å². The number of aromatic nitrogens is 4. The van der Waals surface area contributed by atoms with Gasteiger partial charge in [-0.2, -0.15) is 19.6 Å². The van der Waals surface area contributed by atoms with Crippen molar-refractivity contribution in [2.45, 2.75) is 26.7 Å². The molecule has 3 aromatic rings. The van der Waals surface area contributed by atoms with Gasteiger partial charge in [0.05, 0.1) is 0 Å². The number of hydrogen-bond acceptors (Lipinski definition) is 4. The molecule has 0 fully saturated rings. The summed E-state index contributed by atoms with van der Waals surface area (Å²) in [7, 11) is 0. The third kappa shape index (κ3) is 2.45. The molecule has 0 aliphatic rings. The number of nitrogens with zero attached hydrogens (tertiary/aromatic N) is 4. The van der Waals surface area contributed by atoms with Crippen LogP contribution < -0.4 is 4.74 Å². The smallest absolute Gasteiger partial charge is 0.256 e. The minimum absolute atomic E-state index is 0.352. The van der Waals surface area contributed by atoms with Crippen LogP contribution in [-0.2, 0) is 0 Å². The van der Waals surface area contributed by atoms with Gasteiger partial charge in [0, 0.05) is 5.56 Å². The van der Waals surface area contributed by atoms with Gasteiger partial charge in [-0.25, -0.2) is 0 Å². The number of hydrogen-bond donors (Lipinski definition) is 0. The molecule has 0 aliphatic carbocycles. The molecule has 0 unspecified atom stereocenters. The van der Waals surface area contributed by atoms with Crippen molar-refractivity contribution >= 4 is 17.4 Å². The Hall–Kier alpha value is -2.14. The third-order valence-electron chi connectivity index (χ3n) is 3.30. The Balaban J connectivity index is 2.14. The van der Waals surface area contributed by atoms with Crippen molar-refractivity contribution in [3.63, 3.8) is 0 Å². The highest BCUT2D eigenvalue weighted by molar-refractivity contribution is 6.30. The topological polar surface area (TPSA) is 52.3 Å². The monoisotopic (exact) mass is 302 g/mol. The van der Waals surface area contributed by atoms with Crippen LogP contribution >= 0.6 is 11.6 Å². The first kappa shape index (κ1) is 13.8. The van der Waals surface area contributed by atoms with Crippen molar-refractivity contribution < 1.29 is 4.74 Å². The second-order valence-corrected chi connectivity index (χ2v) is 5.46. The van der Waals surface area contributed by atoms with Gasteiger partial charge in [0.15, 0.2) is 0 Å². The van der Waals surface area contributed by atoms with Gasteiger partial charge in [-0.1, -0.05) is 43.6 Å². The first-order chi connectivity index (χ1) is 10.1. The third-order valence-corrected chi connectivity index (χ3v) is 3.67. The summed E-state index contributed by atoms with van der Waals surface area (Å²) in [5, 5.41) is 4.52. The minimum Gasteiger partial charge on any atom is -0.438 e. The zero-order valence-corrected chi connectivity index (χ0v) is 12.8. The van der Waals surface area contributed by atoms with E-state index in [0.29, 0.717) is 22.7 Å². The number of ether oxygens (including phenoxy) is 1. The Kier molecular flexibility index (Phi) is 3.51. The van der Waals surface area contributed by atoms with Gasteiger partial charge in [-0.3, -0.25) is 0 Å². The minimum atomic E-state index is 0.352. The van der Waals surface area contributed by atoms with E-state index < -0.39 is 0 Å². The van der Waals surface area contributed by atoms with Crippen LogP contribution in [0.2, 0.25) is 5.15 Å². The molecule has 2 aromatic heterocycles. The molecule has 0 saturated carbocycles. The van der Waals surface area contributed by atoms with E-state index in [9.17, 15) is 0 Å². The van der Waals surface area contributed by atoms with Crippen molar-refractivity contribution in [1.29, 1.82) is 0 Å². The summed E-state index contributed by atoms with van der Waals surface area (Å²) in [5.74, 6) is 2.10. The summed E-state index contributed by atoms with van der Waals surface area (Å²) in [6.45, 7) is 6.10. The normalized spacial score (nSPS) is 11.3. The van der Waals surface area contributed by atoms with E-state index in [1.807, 2.05) is 25.1 Å². The molecule has 3 rings (SSSR count). The van der Waals surface area contributed by atoms with Gasteiger partial charge >= 0.3 is 0 Å². The number of rotatable bonds is 3. The molecule has 0 aliphatic heterocycles. The van der Waals surface area contributed by atoms with Crippen molar-refractivity contribution in [1.82, 2.24) is 19.6 Å². The maximum absolute atomic E-state index is 6.15. The lowest BCUT2D eigenvalue weighted by molar-refractivity contribution is 0.434. The van der Waals surface area contributed by atoms with E-state index >= 15 is 0 Å². The number of para-hydroxylation sites is 1. The average Bonchev–Trinajstić information content (AvgIpc) is 2.92. The van der Waals surface area contributed by atoms with Crippen LogP contribution in [0.1, 0.15) is 30.9 Å². The lowest BCUT2D eigenvalue weighted by Crippen LogP contribution is -2.03. The van der Waals surface area contributed by atoms with E-state index in [4.69, 9.17) is 16.3 Å². The molecule has 0 radical (unpaired) electrons. The van der Waals surface area contributed by atoms with Gasteiger partial charge in [0.1, 0.15) is 17.2 Å². The molecule has 0 amide bonds. The summed E-state index contributed by atoms with van der Waals surface area (Å²) < 4.78 is 7.64. The molecule has 0 spiro atoms. The van der Waals surface area contributed by atoms with Crippen molar-refractivity contribution in [3.05, 3.63) is 46.9 Å². The van der Waals surface area contributed by atoms with E-state index in [1.54, 1.807) is 4.52 Å².